The van der Waals surface area contributed by atoms with Crippen LogP contribution in [0.25, 0.3) is 61.2 Å². The maximum atomic E-state index is 4.96. The van der Waals surface area contributed by atoms with Gasteiger partial charge in [-0.25, -0.2) is 9.97 Å². The lowest BCUT2D eigenvalue weighted by molar-refractivity contribution is 1.14. The fraction of sp³-hybridized carbons (Fsp3) is 0. The Bertz CT molecular complexity index is 1830. The number of aromatic nitrogens is 3. The molecule has 3 nitrogen and oxygen atoms in total. The summed E-state index contributed by atoms with van der Waals surface area (Å²) in [5, 5.41) is 2.51. The summed E-state index contributed by atoms with van der Waals surface area (Å²) in [4.78, 5) is 9.80. The summed E-state index contributed by atoms with van der Waals surface area (Å²) in [6.07, 6.45) is 0. The van der Waals surface area contributed by atoms with Gasteiger partial charge in [-0.2, -0.15) is 0 Å². The van der Waals surface area contributed by atoms with E-state index in [2.05, 4.69) is 108 Å². The van der Waals surface area contributed by atoms with Gasteiger partial charge in [0.2, 0.25) is 5.78 Å². The van der Waals surface area contributed by atoms with Crippen LogP contribution >= 0.6 is 0 Å². The van der Waals surface area contributed by atoms with Crippen molar-refractivity contribution in [1.82, 2.24) is 14.4 Å². The first-order valence-corrected chi connectivity index (χ1v) is 11.8. The molecule has 0 saturated carbocycles. The van der Waals surface area contributed by atoms with Gasteiger partial charge >= 0.3 is 0 Å². The quantitative estimate of drug-likeness (QED) is 0.274. The SMILES string of the molecule is c1ccc(-c2cc(-c3ccc(-c4ccc5ccccc5c4)cc3)nc3nc4ccccc4n23)cc1. The van der Waals surface area contributed by atoms with Crippen LogP contribution in [0.1, 0.15) is 0 Å². The van der Waals surface area contributed by atoms with Gasteiger partial charge < -0.3 is 0 Å². The smallest absolute Gasteiger partial charge is 0.235 e. The Morgan fingerprint density at radius 3 is 2.00 bits per heavy atom. The molecule has 0 unspecified atom stereocenters. The molecule has 0 bridgehead atoms. The van der Waals surface area contributed by atoms with Gasteiger partial charge in [-0.3, -0.25) is 4.40 Å². The molecule has 7 aromatic rings. The molecule has 7 rings (SSSR count). The third kappa shape index (κ3) is 3.37. The first-order chi connectivity index (χ1) is 17.3. The maximum Gasteiger partial charge on any atom is 0.235 e. The molecule has 35 heavy (non-hydrogen) atoms. The summed E-state index contributed by atoms with van der Waals surface area (Å²) in [7, 11) is 0. The number of nitrogens with zero attached hydrogens (tertiary/aromatic N) is 3. The molecule has 0 aliphatic carbocycles. The van der Waals surface area contributed by atoms with Gasteiger partial charge in [0, 0.05) is 5.56 Å². The summed E-state index contributed by atoms with van der Waals surface area (Å²) in [5.74, 6) is 0.709. The Morgan fingerprint density at radius 1 is 0.457 bits per heavy atom. The summed E-state index contributed by atoms with van der Waals surface area (Å²) in [6.45, 7) is 0. The van der Waals surface area contributed by atoms with E-state index < -0.39 is 0 Å². The Hall–Kier alpha value is -4.76. The van der Waals surface area contributed by atoms with E-state index >= 15 is 0 Å². The molecule has 2 aromatic heterocycles. The van der Waals surface area contributed by atoms with Crippen LogP contribution in [0.15, 0.2) is 127 Å². The molecule has 0 amide bonds. The number of hydrogen-bond donors (Lipinski definition) is 0. The predicted octanol–water partition coefficient (Wildman–Crippen LogP) is 8.04. The molecule has 0 spiro atoms. The van der Waals surface area contributed by atoms with Gasteiger partial charge in [0.1, 0.15) is 0 Å². The van der Waals surface area contributed by atoms with E-state index in [-0.39, 0.29) is 0 Å². The second-order valence-electron chi connectivity index (χ2n) is 8.77. The highest BCUT2D eigenvalue weighted by molar-refractivity contribution is 5.88. The first kappa shape index (κ1) is 19.7. The summed E-state index contributed by atoms with van der Waals surface area (Å²) in [5.41, 5.74) is 8.61. The largest absolute Gasteiger partial charge is 0.276 e. The van der Waals surface area contributed by atoms with Crippen molar-refractivity contribution in [2.45, 2.75) is 0 Å². The van der Waals surface area contributed by atoms with Crippen molar-refractivity contribution < 1.29 is 0 Å². The van der Waals surface area contributed by atoms with Gasteiger partial charge in [0.15, 0.2) is 0 Å². The molecule has 5 aromatic carbocycles. The number of imidazole rings is 1. The lowest BCUT2D eigenvalue weighted by Crippen LogP contribution is -1.97. The first-order valence-electron chi connectivity index (χ1n) is 11.8. The standard InChI is InChI=1S/C32H21N3/c1-2-9-25(10-3-1)31-21-29(34-32-33-28-12-6-7-13-30(28)35(31)32)24-17-14-23(15-18-24)27-19-16-22-8-4-5-11-26(22)20-27/h1-21H. The van der Waals surface area contributed by atoms with Crippen LogP contribution in [0.4, 0.5) is 0 Å². The third-order valence-electron chi connectivity index (χ3n) is 6.61. The molecule has 0 N–H and O–H groups in total. The van der Waals surface area contributed by atoms with Crippen LogP contribution < -0.4 is 0 Å². The maximum absolute atomic E-state index is 4.96. The zero-order valence-electron chi connectivity index (χ0n) is 19.0. The van der Waals surface area contributed by atoms with E-state index in [1.165, 1.54) is 21.9 Å². The number of benzene rings is 5. The fourth-order valence-corrected chi connectivity index (χ4v) is 4.83. The number of rotatable bonds is 3. The number of para-hydroxylation sites is 2. The molecule has 0 atom stereocenters. The van der Waals surface area contributed by atoms with Gasteiger partial charge in [-0.15, -0.1) is 0 Å². The van der Waals surface area contributed by atoms with Crippen molar-refractivity contribution in [1.29, 1.82) is 0 Å². The Kier molecular flexibility index (Phi) is 4.46. The average molecular weight is 448 g/mol. The van der Waals surface area contributed by atoms with Crippen LogP contribution in [0.2, 0.25) is 0 Å². The van der Waals surface area contributed by atoms with Crippen molar-refractivity contribution in [3.63, 3.8) is 0 Å². The molecular formula is C32H21N3. The number of hydrogen-bond acceptors (Lipinski definition) is 2. The van der Waals surface area contributed by atoms with Gasteiger partial charge in [0.05, 0.1) is 22.4 Å². The van der Waals surface area contributed by atoms with Crippen LogP contribution in [0, 0.1) is 0 Å². The lowest BCUT2D eigenvalue weighted by atomic mass is 9.99. The zero-order valence-corrected chi connectivity index (χ0v) is 19.0. The van der Waals surface area contributed by atoms with Crippen molar-refractivity contribution >= 4 is 27.6 Å². The fourth-order valence-electron chi connectivity index (χ4n) is 4.83. The van der Waals surface area contributed by atoms with Crippen molar-refractivity contribution in [3.8, 4) is 33.6 Å². The normalized spacial score (nSPS) is 11.4. The van der Waals surface area contributed by atoms with Gasteiger partial charge in [0.25, 0.3) is 0 Å². The van der Waals surface area contributed by atoms with Crippen molar-refractivity contribution in [2.75, 3.05) is 0 Å². The highest BCUT2D eigenvalue weighted by atomic mass is 15.1. The molecule has 3 heteroatoms. The van der Waals surface area contributed by atoms with Crippen LogP contribution in [-0.2, 0) is 0 Å². The monoisotopic (exact) mass is 447 g/mol. The highest BCUT2D eigenvalue weighted by Crippen LogP contribution is 2.31. The van der Waals surface area contributed by atoms with Crippen LogP contribution in [0.3, 0.4) is 0 Å². The number of fused-ring (bicyclic) bond motifs is 4. The Labute approximate surface area is 203 Å². The minimum absolute atomic E-state index is 0.709. The second-order valence-corrected chi connectivity index (χ2v) is 8.77. The zero-order chi connectivity index (χ0) is 23.2. The molecule has 0 aliphatic heterocycles. The highest BCUT2D eigenvalue weighted by Gasteiger charge is 2.14. The van der Waals surface area contributed by atoms with Gasteiger partial charge in [-0.1, -0.05) is 103 Å². The molecule has 2 heterocycles. The van der Waals surface area contributed by atoms with Crippen LogP contribution in [0.5, 0.6) is 0 Å². The molecule has 0 saturated heterocycles. The summed E-state index contributed by atoms with van der Waals surface area (Å²) >= 11 is 0. The van der Waals surface area contributed by atoms with E-state index in [0.29, 0.717) is 5.78 Å². The molecule has 0 fully saturated rings. The summed E-state index contributed by atoms with van der Waals surface area (Å²) in [6, 6.07) is 44.6. The van der Waals surface area contributed by atoms with Crippen molar-refractivity contribution in [3.05, 3.63) is 127 Å². The molecule has 164 valence electrons. The topological polar surface area (TPSA) is 30.2 Å². The van der Waals surface area contributed by atoms with E-state index in [1.54, 1.807) is 0 Å². The van der Waals surface area contributed by atoms with E-state index in [4.69, 9.17) is 9.97 Å². The average Bonchev–Trinajstić information content (AvgIpc) is 3.31. The van der Waals surface area contributed by atoms with E-state index in [0.717, 1.165) is 33.5 Å². The third-order valence-corrected chi connectivity index (χ3v) is 6.61. The van der Waals surface area contributed by atoms with Crippen molar-refractivity contribution in [2.24, 2.45) is 0 Å². The molecular weight excluding hydrogens is 426 g/mol. The van der Waals surface area contributed by atoms with Crippen LogP contribution in [-0.4, -0.2) is 14.4 Å². The molecule has 0 radical (unpaired) electrons. The van der Waals surface area contributed by atoms with E-state index in [9.17, 15) is 0 Å². The molecule has 0 aliphatic rings. The predicted molar refractivity (Wildman–Crippen MR) is 144 cm³/mol. The summed E-state index contributed by atoms with van der Waals surface area (Å²) < 4.78 is 2.15. The second kappa shape index (κ2) is 7.93. The van der Waals surface area contributed by atoms with Gasteiger partial charge in [-0.05, 0) is 51.7 Å². The Morgan fingerprint density at radius 2 is 1.14 bits per heavy atom. The lowest BCUT2D eigenvalue weighted by Gasteiger charge is -2.11. The minimum atomic E-state index is 0.709. The Balaban J connectivity index is 1.37. The van der Waals surface area contributed by atoms with E-state index in [1.807, 2.05) is 24.3 Å². The minimum Gasteiger partial charge on any atom is -0.276 e.